The van der Waals surface area contributed by atoms with Crippen LogP contribution in [-0.2, 0) is 6.54 Å². The minimum Gasteiger partial charge on any atom is -0.363 e. The van der Waals surface area contributed by atoms with Crippen LogP contribution in [-0.4, -0.2) is 12.0 Å². The molecule has 3 nitrogen and oxygen atoms in total. The van der Waals surface area contributed by atoms with Gasteiger partial charge < -0.3 is 10.3 Å². The maximum absolute atomic E-state index is 8.43. The molecule has 0 amide bonds. The zero-order chi connectivity index (χ0) is 7.40. The summed E-state index contributed by atoms with van der Waals surface area (Å²) in [6.07, 6.45) is 1.70. The van der Waals surface area contributed by atoms with Crippen molar-refractivity contribution in [3.05, 3.63) is 23.5 Å². The summed E-state index contributed by atoms with van der Waals surface area (Å²) in [6.45, 7) is 0.779. The Hall–Kier alpha value is -1.27. The first-order valence-corrected chi connectivity index (χ1v) is 3.09. The number of hydrogen-bond donors (Lipinski definition) is 2. The minimum absolute atomic E-state index is 0.685. The Kier molecular flexibility index (Phi) is 2.08. The largest absolute Gasteiger partial charge is 0.363 e. The smallest absolute Gasteiger partial charge is 0.101 e. The summed E-state index contributed by atoms with van der Waals surface area (Å²) in [5, 5.41) is 11.4. The molecule has 0 bridgehead atoms. The molecule has 0 atom stereocenters. The quantitative estimate of drug-likeness (QED) is 0.624. The van der Waals surface area contributed by atoms with E-state index in [0.29, 0.717) is 5.56 Å². The second-order valence-corrected chi connectivity index (χ2v) is 2.06. The molecule has 52 valence electrons. The fourth-order valence-corrected chi connectivity index (χ4v) is 0.799. The van der Waals surface area contributed by atoms with Crippen LogP contribution in [0.5, 0.6) is 0 Å². The van der Waals surface area contributed by atoms with Crippen molar-refractivity contribution in [1.82, 2.24) is 10.3 Å². The molecule has 2 N–H and O–H groups in total. The molecule has 3 heteroatoms. The van der Waals surface area contributed by atoms with E-state index in [1.54, 1.807) is 6.20 Å². The van der Waals surface area contributed by atoms with E-state index in [9.17, 15) is 0 Å². The van der Waals surface area contributed by atoms with Crippen LogP contribution in [0.25, 0.3) is 0 Å². The van der Waals surface area contributed by atoms with Crippen LogP contribution in [0.3, 0.4) is 0 Å². The second kappa shape index (κ2) is 3.04. The summed E-state index contributed by atoms with van der Waals surface area (Å²) in [7, 11) is 1.87. The van der Waals surface area contributed by atoms with Gasteiger partial charge in [0.1, 0.15) is 6.07 Å². The highest BCUT2D eigenvalue weighted by atomic mass is 14.8. The van der Waals surface area contributed by atoms with Gasteiger partial charge in [0.2, 0.25) is 0 Å². The number of H-pyrrole nitrogens is 1. The summed E-state index contributed by atoms with van der Waals surface area (Å²) in [5.41, 5.74) is 1.73. The molecule has 0 aliphatic heterocycles. The van der Waals surface area contributed by atoms with Gasteiger partial charge in [0, 0.05) is 18.4 Å². The molecular weight excluding hydrogens is 126 g/mol. The van der Waals surface area contributed by atoms with Gasteiger partial charge in [-0.15, -0.1) is 0 Å². The molecule has 10 heavy (non-hydrogen) atoms. The number of rotatable bonds is 2. The molecule has 0 spiro atoms. The first-order valence-electron chi connectivity index (χ1n) is 3.09. The third-order valence-corrected chi connectivity index (χ3v) is 1.24. The van der Waals surface area contributed by atoms with Crippen LogP contribution in [0.4, 0.5) is 0 Å². The van der Waals surface area contributed by atoms with Crippen molar-refractivity contribution >= 4 is 0 Å². The van der Waals surface area contributed by atoms with Crippen LogP contribution in [0.1, 0.15) is 11.3 Å². The average Bonchev–Trinajstić information content (AvgIpc) is 2.37. The summed E-state index contributed by atoms with van der Waals surface area (Å²) in [4.78, 5) is 2.97. The predicted molar refractivity (Wildman–Crippen MR) is 38.3 cm³/mol. The first-order chi connectivity index (χ1) is 4.86. The maximum atomic E-state index is 8.43. The molecule has 0 unspecified atom stereocenters. The van der Waals surface area contributed by atoms with E-state index >= 15 is 0 Å². The Morgan fingerprint density at radius 3 is 3.10 bits per heavy atom. The third kappa shape index (κ3) is 1.36. The molecule has 1 heterocycles. The highest BCUT2D eigenvalue weighted by molar-refractivity contribution is 5.28. The van der Waals surface area contributed by atoms with Crippen molar-refractivity contribution < 1.29 is 0 Å². The molecule has 0 aliphatic rings. The maximum Gasteiger partial charge on any atom is 0.101 e. The van der Waals surface area contributed by atoms with Crippen LogP contribution in [0.2, 0.25) is 0 Å². The van der Waals surface area contributed by atoms with Gasteiger partial charge in [-0.3, -0.25) is 0 Å². The topological polar surface area (TPSA) is 51.6 Å². The molecule has 0 aromatic carbocycles. The number of hydrogen-bond acceptors (Lipinski definition) is 2. The van der Waals surface area contributed by atoms with Crippen molar-refractivity contribution in [2.24, 2.45) is 0 Å². The second-order valence-electron chi connectivity index (χ2n) is 2.06. The zero-order valence-electron chi connectivity index (χ0n) is 5.81. The van der Waals surface area contributed by atoms with Gasteiger partial charge in [-0.05, 0) is 13.1 Å². The van der Waals surface area contributed by atoms with Gasteiger partial charge in [0.25, 0.3) is 0 Å². The van der Waals surface area contributed by atoms with E-state index in [2.05, 4.69) is 10.3 Å². The Balaban J connectivity index is 2.71. The lowest BCUT2D eigenvalue weighted by Gasteiger charge is -1.90. The molecule has 0 saturated carbocycles. The normalized spacial score (nSPS) is 9.20. The predicted octanol–water partition coefficient (Wildman–Crippen LogP) is 0.606. The van der Waals surface area contributed by atoms with Crippen molar-refractivity contribution in [1.29, 1.82) is 5.26 Å². The highest BCUT2D eigenvalue weighted by Gasteiger charge is 1.94. The van der Waals surface area contributed by atoms with Crippen LogP contribution in [0.15, 0.2) is 12.3 Å². The minimum atomic E-state index is 0.685. The number of aromatic nitrogens is 1. The Bertz CT molecular complexity index is 244. The Morgan fingerprint density at radius 2 is 2.60 bits per heavy atom. The number of nitrogens with zero attached hydrogens (tertiary/aromatic N) is 1. The summed E-state index contributed by atoms with van der Waals surface area (Å²) >= 11 is 0. The van der Waals surface area contributed by atoms with Gasteiger partial charge in [0.05, 0.1) is 5.56 Å². The van der Waals surface area contributed by atoms with E-state index in [4.69, 9.17) is 5.26 Å². The van der Waals surface area contributed by atoms with Crippen LogP contribution >= 0.6 is 0 Å². The summed E-state index contributed by atoms with van der Waals surface area (Å²) in [6, 6.07) is 3.88. The lowest BCUT2D eigenvalue weighted by atomic mass is 10.3. The van der Waals surface area contributed by atoms with E-state index < -0.39 is 0 Å². The number of nitriles is 1. The summed E-state index contributed by atoms with van der Waals surface area (Å²) in [5.74, 6) is 0. The molecule has 1 aromatic heterocycles. The third-order valence-electron chi connectivity index (χ3n) is 1.24. The van der Waals surface area contributed by atoms with E-state index in [-0.39, 0.29) is 0 Å². The molecule has 1 aromatic rings. The van der Waals surface area contributed by atoms with Gasteiger partial charge in [-0.2, -0.15) is 5.26 Å². The SMILES string of the molecule is CNCc1cc(C#N)c[nH]1. The Morgan fingerprint density at radius 1 is 1.80 bits per heavy atom. The molecular formula is C7H9N3. The van der Waals surface area contributed by atoms with E-state index in [1.807, 2.05) is 19.2 Å². The molecule has 0 aliphatic carbocycles. The van der Waals surface area contributed by atoms with E-state index in [1.165, 1.54) is 0 Å². The lowest BCUT2D eigenvalue weighted by Crippen LogP contribution is -2.04. The first kappa shape index (κ1) is 6.84. The average molecular weight is 135 g/mol. The number of aromatic amines is 1. The number of nitrogens with one attached hydrogen (secondary N) is 2. The van der Waals surface area contributed by atoms with E-state index in [0.717, 1.165) is 12.2 Å². The fourth-order valence-electron chi connectivity index (χ4n) is 0.799. The Labute approximate surface area is 59.7 Å². The molecule has 0 fully saturated rings. The van der Waals surface area contributed by atoms with Gasteiger partial charge in [-0.25, -0.2) is 0 Å². The highest BCUT2D eigenvalue weighted by Crippen LogP contribution is 2.00. The van der Waals surface area contributed by atoms with Crippen molar-refractivity contribution in [3.63, 3.8) is 0 Å². The fraction of sp³-hybridized carbons (Fsp3) is 0.286. The monoisotopic (exact) mass is 135 g/mol. The molecule has 0 saturated heterocycles. The van der Waals surface area contributed by atoms with Gasteiger partial charge in [-0.1, -0.05) is 0 Å². The molecule has 0 radical (unpaired) electrons. The molecule has 1 rings (SSSR count). The standard InChI is InChI=1S/C7H9N3/c1-9-5-7-2-6(3-8)4-10-7/h2,4,9-10H,5H2,1H3. The van der Waals surface area contributed by atoms with Crippen LogP contribution < -0.4 is 5.32 Å². The van der Waals surface area contributed by atoms with Crippen LogP contribution in [0, 0.1) is 11.3 Å². The van der Waals surface area contributed by atoms with Crippen molar-refractivity contribution in [2.75, 3.05) is 7.05 Å². The van der Waals surface area contributed by atoms with Crippen molar-refractivity contribution in [3.8, 4) is 6.07 Å². The van der Waals surface area contributed by atoms with Gasteiger partial charge >= 0.3 is 0 Å². The zero-order valence-corrected chi connectivity index (χ0v) is 5.81. The summed E-state index contributed by atoms with van der Waals surface area (Å²) < 4.78 is 0. The van der Waals surface area contributed by atoms with Gasteiger partial charge in [0.15, 0.2) is 0 Å². The van der Waals surface area contributed by atoms with Crippen molar-refractivity contribution in [2.45, 2.75) is 6.54 Å². The lowest BCUT2D eigenvalue weighted by molar-refractivity contribution is 0.797.